The number of rotatable bonds is 3. The molecule has 102 valence electrons. The highest BCUT2D eigenvalue weighted by molar-refractivity contribution is 5.91. The van der Waals surface area contributed by atoms with Gasteiger partial charge in [0.1, 0.15) is 5.75 Å². The van der Waals surface area contributed by atoms with Crippen molar-refractivity contribution in [1.29, 1.82) is 0 Å². The SMILES string of the molecule is COc1cccc(C=CC(=O)N2CCC(O)CC2)c1. The highest BCUT2D eigenvalue weighted by Gasteiger charge is 2.19. The summed E-state index contributed by atoms with van der Waals surface area (Å²) in [7, 11) is 1.62. The van der Waals surface area contributed by atoms with Crippen LogP contribution in [0.1, 0.15) is 18.4 Å². The number of hydrogen-bond donors (Lipinski definition) is 1. The molecule has 1 saturated heterocycles. The van der Waals surface area contributed by atoms with Crippen LogP contribution in [0.15, 0.2) is 30.3 Å². The predicted octanol–water partition coefficient (Wildman–Crippen LogP) is 1.69. The van der Waals surface area contributed by atoms with Gasteiger partial charge < -0.3 is 14.7 Å². The van der Waals surface area contributed by atoms with E-state index in [1.165, 1.54) is 0 Å². The number of aliphatic hydroxyl groups excluding tert-OH is 1. The molecule has 1 N–H and O–H groups in total. The van der Waals surface area contributed by atoms with Crippen LogP contribution in [0, 0.1) is 0 Å². The van der Waals surface area contributed by atoms with Crippen LogP contribution in [-0.2, 0) is 4.79 Å². The molecule has 2 rings (SSSR count). The average Bonchev–Trinajstić information content (AvgIpc) is 2.46. The zero-order valence-electron chi connectivity index (χ0n) is 11.1. The van der Waals surface area contributed by atoms with Gasteiger partial charge in [0, 0.05) is 19.2 Å². The molecule has 4 heteroatoms. The number of piperidine rings is 1. The van der Waals surface area contributed by atoms with Crippen LogP contribution in [0.3, 0.4) is 0 Å². The quantitative estimate of drug-likeness (QED) is 0.842. The molecule has 0 aromatic heterocycles. The van der Waals surface area contributed by atoms with Crippen LogP contribution in [0.5, 0.6) is 5.75 Å². The number of ether oxygens (including phenoxy) is 1. The third-order valence-electron chi connectivity index (χ3n) is 3.29. The molecule has 1 aromatic carbocycles. The minimum atomic E-state index is -0.258. The molecule has 4 nitrogen and oxygen atoms in total. The molecule has 0 aliphatic carbocycles. The lowest BCUT2D eigenvalue weighted by molar-refractivity contribution is -0.127. The Kier molecular flexibility index (Phi) is 4.58. The molecule has 0 unspecified atom stereocenters. The molecule has 1 aliphatic heterocycles. The van der Waals surface area contributed by atoms with Gasteiger partial charge in [-0.15, -0.1) is 0 Å². The Bertz CT molecular complexity index is 462. The lowest BCUT2D eigenvalue weighted by Gasteiger charge is -2.28. The largest absolute Gasteiger partial charge is 0.497 e. The summed E-state index contributed by atoms with van der Waals surface area (Å²) in [6.07, 6.45) is 4.44. The van der Waals surface area contributed by atoms with Gasteiger partial charge in [0.15, 0.2) is 0 Å². The summed E-state index contributed by atoms with van der Waals surface area (Å²) in [6.45, 7) is 1.25. The zero-order chi connectivity index (χ0) is 13.7. The average molecular weight is 261 g/mol. The molecule has 1 fully saturated rings. The fourth-order valence-electron chi connectivity index (χ4n) is 2.10. The van der Waals surface area contributed by atoms with Crippen molar-refractivity contribution < 1.29 is 14.6 Å². The number of likely N-dealkylation sites (tertiary alicyclic amines) is 1. The van der Waals surface area contributed by atoms with E-state index >= 15 is 0 Å². The molecule has 0 bridgehead atoms. The van der Waals surface area contributed by atoms with Crippen LogP contribution >= 0.6 is 0 Å². The number of methoxy groups -OCH3 is 1. The second kappa shape index (κ2) is 6.38. The number of aliphatic hydroxyl groups is 1. The van der Waals surface area contributed by atoms with Crippen LogP contribution < -0.4 is 4.74 Å². The first-order valence-corrected chi connectivity index (χ1v) is 6.48. The summed E-state index contributed by atoms with van der Waals surface area (Å²) in [5.74, 6) is 0.769. The summed E-state index contributed by atoms with van der Waals surface area (Å²) in [4.78, 5) is 13.7. The lowest BCUT2D eigenvalue weighted by Crippen LogP contribution is -2.39. The fourth-order valence-corrected chi connectivity index (χ4v) is 2.10. The van der Waals surface area contributed by atoms with E-state index in [0.717, 1.165) is 11.3 Å². The first-order chi connectivity index (χ1) is 9.19. The van der Waals surface area contributed by atoms with E-state index in [2.05, 4.69) is 0 Å². The van der Waals surface area contributed by atoms with Crippen LogP contribution in [0.2, 0.25) is 0 Å². The van der Waals surface area contributed by atoms with Crippen LogP contribution in [0.25, 0.3) is 6.08 Å². The van der Waals surface area contributed by atoms with Crippen molar-refractivity contribution in [3.05, 3.63) is 35.9 Å². The topological polar surface area (TPSA) is 49.8 Å². The van der Waals surface area contributed by atoms with Crippen LogP contribution in [-0.4, -0.2) is 42.2 Å². The molecule has 1 aromatic rings. The highest BCUT2D eigenvalue weighted by atomic mass is 16.5. The maximum atomic E-state index is 12.0. The fraction of sp³-hybridized carbons (Fsp3) is 0.400. The van der Waals surface area contributed by atoms with Crippen molar-refractivity contribution in [2.24, 2.45) is 0 Å². The molecule has 1 amide bonds. The van der Waals surface area contributed by atoms with Gasteiger partial charge in [0.25, 0.3) is 0 Å². The maximum absolute atomic E-state index is 12.0. The Morgan fingerprint density at radius 2 is 2.16 bits per heavy atom. The molecule has 19 heavy (non-hydrogen) atoms. The molecule has 1 aliphatic rings. The van der Waals surface area contributed by atoms with E-state index in [4.69, 9.17) is 4.74 Å². The van der Waals surface area contributed by atoms with Gasteiger partial charge >= 0.3 is 0 Å². The lowest BCUT2D eigenvalue weighted by atomic mass is 10.1. The first-order valence-electron chi connectivity index (χ1n) is 6.48. The number of hydrogen-bond acceptors (Lipinski definition) is 3. The molecular weight excluding hydrogens is 242 g/mol. The van der Waals surface area contributed by atoms with Crippen molar-refractivity contribution in [2.45, 2.75) is 18.9 Å². The smallest absolute Gasteiger partial charge is 0.246 e. The summed E-state index contributed by atoms with van der Waals surface area (Å²) < 4.78 is 5.13. The van der Waals surface area contributed by atoms with Crippen LogP contribution in [0.4, 0.5) is 0 Å². The Hall–Kier alpha value is -1.81. The van der Waals surface area contributed by atoms with Gasteiger partial charge in [0.05, 0.1) is 13.2 Å². The number of carbonyl (C=O) groups excluding carboxylic acids is 1. The van der Waals surface area contributed by atoms with Crippen molar-refractivity contribution in [3.63, 3.8) is 0 Å². The third-order valence-corrected chi connectivity index (χ3v) is 3.29. The Labute approximate surface area is 113 Å². The van der Waals surface area contributed by atoms with E-state index in [9.17, 15) is 9.90 Å². The number of amides is 1. The van der Waals surface area contributed by atoms with E-state index in [1.807, 2.05) is 24.3 Å². The summed E-state index contributed by atoms with van der Waals surface area (Å²) in [6, 6.07) is 7.56. The molecule has 1 heterocycles. The standard InChI is InChI=1S/C15H19NO3/c1-19-14-4-2-3-12(11-14)5-6-15(18)16-9-7-13(17)8-10-16/h2-6,11,13,17H,7-10H2,1H3. The normalized spacial score (nSPS) is 16.8. The van der Waals surface area contributed by atoms with E-state index < -0.39 is 0 Å². The number of benzene rings is 1. The minimum absolute atomic E-state index is 0.00489. The highest BCUT2D eigenvalue weighted by Crippen LogP contribution is 2.14. The molecular formula is C15H19NO3. The monoisotopic (exact) mass is 261 g/mol. The van der Waals surface area contributed by atoms with Gasteiger partial charge in [-0.2, -0.15) is 0 Å². The second-order valence-electron chi connectivity index (χ2n) is 4.67. The Balaban J connectivity index is 1.95. The summed E-state index contributed by atoms with van der Waals surface area (Å²) in [5.41, 5.74) is 0.935. The third kappa shape index (κ3) is 3.83. The van der Waals surface area contributed by atoms with Gasteiger partial charge in [-0.3, -0.25) is 4.79 Å². The van der Waals surface area contributed by atoms with E-state index in [1.54, 1.807) is 24.2 Å². The van der Waals surface area contributed by atoms with Crippen molar-refractivity contribution in [3.8, 4) is 5.75 Å². The van der Waals surface area contributed by atoms with E-state index in [0.29, 0.717) is 25.9 Å². The molecule has 0 radical (unpaired) electrons. The van der Waals surface area contributed by atoms with Gasteiger partial charge in [-0.25, -0.2) is 0 Å². The van der Waals surface area contributed by atoms with E-state index in [-0.39, 0.29) is 12.0 Å². The summed E-state index contributed by atoms with van der Waals surface area (Å²) in [5, 5.41) is 9.40. The number of nitrogens with zero attached hydrogens (tertiary/aromatic N) is 1. The van der Waals surface area contributed by atoms with Gasteiger partial charge in [0.2, 0.25) is 5.91 Å². The minimum Gasteiger partial charge on any atom is -0.497 e. The second-order valence-corrected chi connectivity index (χ2v) is 4.67. The molecule has 0 atom stereocenters. The molecule has 0 spiro atoms. The predicted molar refractivity (Wildman–Crippen MR) is 73.8 cm³/mol. The Morgan fingerprint density at radius 3 is 2.84 bits per heavy atom. The number of carbonyl (C=O) groups is 1. The van der Waals surface area contributed by atoms with Crippen molar-refractivity contribution in [2.75, 3.05) is 20.2 Å². The zero-order valence-corrected chi connectivity index (χ0v) is 11.1. The van der Waals surface area contributed by atoms with Crippen molar-refractivity contribution >= 4 is 12.0 Å². The first kappa shape index (κ1) is 13.6. The van der Waals surface area contributed by atoms with Gasteiger partial charge in [-0.1, -0.05) is 12.1 Å². The summed E-state index contributed by atoms with van der Waals surface area (Å²) >= 11 is 0. The van der Waals surface area contributed by atoms with Crippen molar-refractivity contribution in [1.82, 2.24) is 4.90 Å². The Morgan fingerprint density at radius 1 is 1.42 bits per heavy atom. The van der Waals surface area contributed by atoms with Gasteiger partial charge in [-0.05, 0) is 36.6 Å². The molecule has 0 saturated carbocycles. The maximum Gasteiger partial charge on any atom is 0.246 e.